The highest BCUT2D eigenvalue weighted by Gasteiger charge is 2.18. The van der Waals surface area contributed by atoms with Crippen LogP contribution in [-0.2, 0) is 0 Å². The Hall–Kier alpha value is -0.440. The summed E-state index contributed by atoms with van der Waals surface area (Å²) in [4.78, 5) is 4.12. The predicted octanol–water partition coefficient (Wildman–Crippen LogP) is 3.64. The van der Waals surface area contributed by atoms with Crippen molar-refractivity contribution in [1.82, 2.24) is 4.98 Å². The fourth-order valence-electron chi connectivity index (χ4n) is 1.87. The van der Waals surface area contributed by atoms with Gasteiger partial charge in [0, 0.05) is 11.6 Å². The summed E-state index contributed by atoms with van der Waals surface area (Å²) in [6, 6.07) is 1.81. The molecule has 1 aliphatic rings. The van der Waals surface area contributed by atoms with Crippen LogP contribution in [0.3, 0.4) is 0 Å². The third-order valence-electron chi connectivity index (χ3n) is 2.60. The van der Waals surface area contributed by atoms with Crippen LogP contribution in [-0.4, -0.2) is 4.98 Å². The minimum Gasteiger partial charge on any atom is -0.258 e. The van der Waals surface area contributed by atoms with Gasteiger partial charge in [0.15, 0.2) is 5.82 Å². The van der Waals surface area contributed by atoms with Crippen molar-refractivity contribution in [3.05, 3.63) is 28.2 Å². The van der Waals surface area contributed by atoms with E-state index in [1.165, 1.54) is 31.9 Å². The van der Waals surface area contributed by atoms with E-state index < -0.39 is 0 Å². The Morgan fingerprint density at radius 2 is 2.08 bits per heavy atom. The van der Waals surface area contributed by atoms with Gasteiger partial charge in [0.05, 0.1) is 10.7 Å². The van der Waals surface area contributed by atoms with Gasteiger partial charge < -0.3 is 0 Å². The van der Waals surface area contributed by atoms with Crippen molar-refractivity contribution in [2.24, 2.45) is 0 Å². The minimum absolute atomic E-state index is 0.276. The number of pyridine rings is 1. The topological polar surface area (TPSA) is 12.9 Å². The number of rotatable bonds is 1. The molecule has 0 unspecified atom stereocenters. The predicted molar refractivity (Wildman–Crippen MR) is 53.1 cm³/mol. The molecule has 0 aromatic carbocycles. The third kappa shape index (κ3) is 1.90. The van der Waals surface area contributed by atoms with Gasteiger partial charge in [0.1, 0.15) is 0 Å². The summed E-state index contributed by atoms with van der Waals surface area (Å²) in [5, 5.41) is 0. The van der Waals surface area contributed by atoms with Gasteiger partial charge in [-0.1, -0.05) is 12.8 Å². The maximum absolute atomic E-state index is 12.9. The maximum atomic E-state index is 12.9. The lowest BCUT2D eigenvalue weighted by atomic mass is 10.0. The second kappa shape index (κ2) is 3.74. The molecule has 2 rings (SSSR count). The Bertz CT molecular complexity index is 308. The van der Waals surface area contributed by atoms with E-state index in [0.29, 0.717) is 10.4 Å². The van der Waals surface area contributed by atoms with Gasteiger partial charge in [-0.05, 0) is 34.8 Å². The molecule has 0 saturated heterocycles. The largest absolute Gasteiger partial charge is 0.258 e. The van der Waals surface area contributed by atoms with E-state index in [9.17, 15) is 4.39 Å². The first-order chi connectivity index (χ1) is 6.27. The summed E-state index contributed by atoms with van der Waals surface area (Å²) in [5.74, 6) is 0.277. The van der Waals surface area contributed by atoms with E-state index in [0.717, 1.165) is 5.69 Å². The van der Waals surface area contributed by atoms with Gasteiger partial charge in [0.25, 0.3) is 0 Å². The van der Waals surface area contributed by atoms with Crippen LogP contribution in [0.4, 0.5) is 4.39 Å². The quantitative estimate of drug-likeness (QED) is 0.734. The molecule has 1 saturated carbocycles. The van der Waals surface area contributed by atoms with Gasteiger partial charge in [-0.25, -0.2) is 4.39 Å². The van der Waals surface area contributed by atoms with Gasteiger partial charge in [0.2, 0.25) is 0 Å². The molecule has 1 aromatic heterocycles. The lowest BCUT2D eigenvalue weighted by Gasteiger charge is -2.08. The van der Waals surface area contributed by atoms with Gasteiger partial charge in [-0.2, -0.15) is 0 Å². The molecule has 1 fully saturated rings. The fourth-order valence-corrected chi connectivity index (χ4v) is 2.21. The molecule has 0 N–H and O–H groups in total. The van der Waals surface area contributed by atoms with Crippen molar-refractivity contribution in [3.63, 3.8) is 0 Å². The molecular formula is C10H11BrFN. The zero-order valence-corrected chi connectivity index (χ0v) is 8.85. The second-order valence-electron chi connectivity index (χ2n) is 3.50. The molecule has 0 spiro atoms. The van der Waals surface area contributed by atoms with E-state index in [1.54, 1.807) is 0 Å². The lowest BCUT2D eigenvalue weighted by Crippen LogP contribution is -1.96. The molecule has 0 radical (unpaired) electrons. The summed E-state index contributed by atoms with van der Waals surface area (Å²) in [6.07, 6.45) is 6.26. The average Bonchev–Trinajstić information content (AvgIpc) is 2.62. The number of hydrogen-bond donors (Lipinski definition) is 0. The first-order valence-corrected chi connectivity index (χ1v) is 5.37. The normalized spacial score (nSPS) is 18.0. The summed E-state index contributed by atoms with van der Waals surface area (Å²) < 4.78 is 13.4. The first-order valence-electron chi connectivity index (χ1n) is 4.58. The first kappa shape index (κ1) is 9.13. The van der Waals surface area contributed by atoms with Gasteiger partial charge >= 0.3 is 0 Å². The molecule has 1 heterocycles. The number of nitrogens with zero attached hydrogens (tertiary/aromatic N) is 1. The number of aromatic nitrogens is 1. The summed E-state index contributed by atoms with van der Waals surface area (Å²) in [7, 11) is 0. The van der Waals surface area contributed by atoms with Crippen molar-refractivity contribution >= 4 is 15.9 Å². The Balaban J connectivity index is 2.25. The van der Waals surface area contributed by atoms with E-state index in [2.05, 4.69) is 20.9 Å². The zero-order chi connectivity index (χ0) is 9.26. The molecule has 0 bridgehead atoms. The smallest absolute Gasteiger partial charge is 0.155 e. The molecule has 13 heavy (non-hydrogen) atoms. The standard InChI is InChI=1S/C10H11BrFN/c11-8-5-10(13-6-9(8)12)7-3-1-2-4-7/h5-7H,1-4H2. The zero-order valence-electron chi connectivity index (χ0n) is 7.26. The van der Waals surface area contributed by atoms with Crippen molar-refractivity contribution in [1.29, 1.82) is 0 Å². The Morgan fingerprint density at radius 1 is 1.38 bits per heavy atom. The molecule has 0 atom stereocenters. The van der Waals surface area contributed by atoms with Crippen LogP contribution in [0.15, 0.2) is 16.7 Å². The SMILES string of the molecule is Fc1cnc(C2CCCC2)cc1Br. The highest BCUT2D eigenvalue weighted by molar-refractivity contribution is 9.10. The van der Waals surface area contributed by atoms with Crippen LogP contribution >= 0.6 is 15.9 Å². The summed E-state index contributed by atoms with van der Waals surface area (Å²) >= 11 is 3.18. The Kier molecular flexibility index (Phi) is 2.63. The van der Waals surface area contributed by atoms with E-state index >= 15 is 0 Å². The highest BCUT2D eigenvalue weighted by Crippen LogP contribution is 2.34. The molecule has 1 nitrogen and oxygen atoms in total. The average molecular weight is 244 g/mol. The molecule has 1 aromatic rings. The molecular weight excluding hydrogens is 233 g/mol. The molecule has 3 heteroatoms. The summed E-state index contributed by atoms with van der Waals surface area (Å²) in [6.45, 7) is 0. The molecule has 1 aliphatic carbocycles. The van der Waals surface area contributed by atoms with Crippen LogP contribution in [0.5, 0.6) is 0 Å². The van der Waals surface area contributed by atoms with E-state index in [1.807, 2.05) is 6.07 Å². The van der Waals surface area contributed by atoms with Crippen molar-refractivity contribution in [2.75, 3.05) is 0 Å². The third-order valence-corrected chi connectivity index (χ3v) is 3.21. The van der Waals surface area contributed by atoms with Gasteiger partial charge in [-0.15, -0.1) is 0 Å². The van der Waals surface area contributed by atoms with E-state index in [-0.39, 0.29) is 5.82 Å². The molecule has 70 valence electrons. The molecule has 0 amide bonds. The van der Waals surface area contributed by atoms with Crippen LogP contribution in [0.25, 0.3) is 0 Å². The van der Waals surface area contributed by atoms with Crippen molar-refractivity contribution in [2.45, 2.75) is 31.6 Å². The number of halogens is 2. The molecule has 0 aliphatic heterocycles. The monoisotopic (exact) mass is 243 g/mol. The lowest BCUT2D eigenvalue weighted by molar-refractivity contribution is 0.605. The maximum Gasteiger partial charge on any atom is 0.155 e. The minimum atomic E-state index is -0.276. The van der Waals surface area contributed by atoms with E-state index in [4.69, 9.17) is 0 Å². The van der Waals surface area contributed by atoms with Crippen molar-refractivity contribution in [3.8, 4) is 0 Å². The van der Waals surface area contributed by atoms with Crippen LogP contribution in [0.2, 0.25) is 0 Å². The number of hydrogen-bond acceptors (Lipinski definition) is 1. The fraction of sp³-hybridized carbons (Fsp3) is 0.500. The van der Waals surface area contributed by atoms with Crippen LogP contribution in [0, 0.1) is 5.82 Å². The Labute approximate surface area is 85.5 Å². The Morgan fingerprint density at radius 3 is 2.69 bits per heavy atom. The van der Waals surface area contributed by atoms with Crippen molar-refractivity contribution < 1.29 is 4.39 Å². The van der Waals surface area contributed by atoms with Crippen LogP contribution in [0.1, 0.15) is 37.3 Å². The second-order valence-corrected chi connectivity index (χ2v) is 4.36. The summed E-state index contributed by atoms with van der Waals surface area (Å²) in [5.41, 5.74) is 1.03. The van der Waals surface area contributed by atoms with Crippen LogP contribution < -0.4 is 0 Å². The highest BCUT2D eigenvalue weighted by atomic mass is 79.9. The van der Waals surface area contributed by atoms with Gasteiger partial charge in [-0.3, -0.25) is 4.98 Å².